The molecule has 1 aromatic rings. The highest BCUT2D eigenvalue weighted by Crippen LogP contribution is 2.13. The maximum Gasteiger partial charge on any atom is 0.343 e. The lowest BCUT2D eigenvalue weighted by Crippen LogP contribution is -2.17. The summed E-state index contributed by atoms with van der Waals surface area (Å²) < 4.78 is 6.56. The summed E-state index contributed by atoms with van der Waals surface area (Å²) >= 11 is 1.22. The van der Waals surface area contributed by atoms with Crippen molar-refractivity contribution in [3.63, 3.8) is 0 Å². The van der Waals surface area contributed by atoms with Crippen molar-refractivity contribution in [1.82, 2.24) is 14.8 Å². The lowest BCUT2D eigenvalue weighted by Gasteiger charge is -2.04. The molecule has 0 unspecified atom stereocenters. The SMILES string of the molecule is CCCCOC(=O)CSc1n[nH]c(=O)n1CCC. The number of esters is 1. The number of hydrogen-bond donors (Lipinski definition) is 1. The number of carbonyl (C=O) groups is 1. The van der Waals surface area contributed by atoms with Crippen molar-refractivity contribution in [2.24, 2.45) is 0 Å². The molecule has 0 spiro atoms. The Morgan fingerprint density at radius 3 is 2.89 bits per heavy atom. The lowest BCUT2D eigenvalue weighted by atomic mass is 10.4. The molecule has 0 aliphatic rings. The molecule has 0 aliphatic heterocycles. The second-order valence-electron chi connectivity index (χ2n) is 3.83. The van der Waals surface area contributed by atoms with E-state index in [4.69, 9.17) is 4.74 Å². The molecule has 1 rings (SSSR count). The van der Waals surface area contributed by atoms with Crippen LogP contribution >= 0.6 is 11.8 Å². The monoisotopic (exact) mass is 273 g/mol. The zero-order chi connectivity index (χ0) is 13.4. The average molecular weight is 273 g/mol. The number of nitrogens with one attached hydrogen (secondary N) is 1. The Bertz CT molecular complexity index is 427. The van der Waals surface area contributed by atoms with Crippen LogP contribution in [0, 0.1) is 0 Å². The van der Waals surface area contributed by atoms with Gasteiger partial charge in [-0.05, 0) is 12.8 Å². The van der Waals surface area contributed by atoms with Crippen LogP contribution in [0.2, 0.25) is 0 Å². The number of hydrogen-bond acceptors (Lipinski definition) is 5. The first-order valence-corrected chi connectivity index (χ1v) is 7.11. The summed E-state index contributed by atoms with van der Waals surface area (Å²) in [4.78, 5) is 22.8. The smallest absolute Gasteiger partial charge is 0.343 e. The molecule has 7 heteroatoms. The van der Waals surface area contributed by atoms with Gasteiger partial charge in [0, 0.05) is 6.54 Å². The molecule has 1 heterocycles. The zero-order valence-corrected chi connectivity index (χ0v) is 11.6. The second-order valence-corrected chi connectivity index (χ2v) is 4.77. The lowest BCUT2D eigenvalue weighted by molar-refractivity contribution is -0.140. The average Bonchev–Trinajstić information content (AvgIpc) is 2.69. The molecule has 0 aromatic carbocycles. The minimum atomic E-state index is -0.271. The summed E-state index contributed by atoms with van der Waals surface area (Å²) in [6.07, 6.45) is 2.71. The number of thioether (sulfide) groups is 1. The third kappa shape index (κ3) is 4.56. The van der Waals surface area contributed by atoms with Crippen molar-refractivity contribution in [3.05, 3.63) is 10.5 Å². The number of rotatable bonds is 8. The highest BCUT2D eigenvalue weighted by molar-refractivity contribution is 7.99. The topological polar surface area (TPSA) is 77.0 Å². The quantitative estimate of drug-likeness (QED) is 0.440. The highest BCUT2D eigenvalue weighted by atomic mass is 32.2. The van der Waals surface area contributed by atoms with Crippen LogP contribution in [0.4, 0.5) is 0 Å². The van der Waals surface area contributed by atoms with Gasteiger partial charge in [-0.15, -0.1) is 5.10 Å². The number of ether oxygens (including phenoxy) is 1. The maximum atomic E-state index is 11.4. The minimum Gasteiger partial charge on any atom is -0.465 e. The van der Waals surface area contributed by atoms with Gasteiger partial charge in [0.05, 0.1) is 12.4 Å². The molecule has 1 N–H and O–H groups in total. The van der Waals surface area contributed by atoms with E-state index in [9.17, 15) is 9.59 Å². The molecule has 0 radical (unpaired) electrons. The van der Waals surface area contributed by atoms with Gasteiger partial charge in [0.25, 0.3) is 0 Å². The van der Waals surface area contributed by atoms with Crippen LogP contribution in [-0.4, -0.2) is 33.1 Å². The minimum absolute atomic E-state index is 0.178. The van der Waals surface area contributed by atoms with Gasteiger partial charge in [0.2, 0.25) is 0 Å². The summed E-state index contributed by atoms with van der Waals surface area (Å²) in [5.74, 6) is -0.0930. The summed E-state index contributed by atoms with van der Waals surface area (Å²) in [5, 5.41) is 6.80. The summed E-state index contributed by atoms with van der Waals surface area (Å²) in [6.45, 7) is 5.07. The van der Waals surface area contributed by atoms with Crippen LogP contribution in [0.15, 0.2) is 9.95 Å². The normalized spacial score (nSPS) is 10.6. The largest absolute Gasteiger partial charge is 0.465 e. The molecule has 0 saturated heterocycles. The first-order chi connectivity index (χ1) is 8.69. The van der Waals surface area contributed by atoms with Crippen molar-refractivity contribution in [2.45, 2.75) is 44.8 Å². The van der Waals surface area contributed by atoms with Gasteiger partial charge >= 0.3 is 11.7 Å². The zero-order valence-electron chi connectivity index (χ0n) is 10.8. The molecular weight excluding hydrogens is 254 g/mol. The van der Waals surface area contributed by atoms with Crippen LogP contribution < -0.4 is 5.69 Å². The number of unbranched alkanes of at least 4 members (excludes halogenated alkanes) is 1. The molecule has 102 valence electrons. The van der Waals surface area contributed by atoms with E-state index in [1.807, 2.05) is 13.8 Å². The van der Waals surface area contributed by atoms with Crippen molar-refractivity contribution >= 4 is 17.7 Å². The van der Waals surface area contributed by atoms with Gasteiger partial charge in [-0.2, -0.15) is 0 Å². The fraction of sp³-hybridized carbons (Fsp3) is 0.727. The van der Waals surface area contributed by atoms with Crippen LogP contribution in [0.3, 0.4) is 0 Å². The Morgan fingerprint density at radius 1 is 1.44 bits per heavy atom. The Labute approximate surface area is 110 Å². The fourth-order valence-corrected chi connectivity index (χ4v) is 2.10. The molecule has 0 fully saturated rings. The molecule has 0 bridgehead atoms. The Hall–Kier alpha value is -1.24. The van der Waals surface area contributed by atoms with Gasteiger partial charge in [-0.25, -0.2) is 9.89 Å². The van der Waals surface area contributed by atoms with Gasteiger partial charge < -0.3 is 4.74 Å². The molecule has 0 atom stereocenters. The fourth-order valence-electron chi connectivity index (χ4n) is 1.33. The first kappa shape index (κ1) is 14.8. The van der Waals surface area contributed by atoms with E-state index in [-0.39, 0.29) is 17.4 Å². The summed E-state index contributed by atoms with van der Waals surface area (Å²) in [6, 6.07) is 0. The van der Waals surface area contributed by atoms with Gasteiger partial charge in [-0.1, -0.05) is 32.0 Å². The third-order valence-electron chi connectivity index (χ3n) is 2.25. The number of H-pyrrole nitrogens is 1. The molecule has 0 saturated carbocycles. The number of aromatic nitrogens is 3. The van der Waals surface area contributed by atoms with Crippen molar-refractivity contribution in [1.29, 1.82) is 0 Å². The van der Waals surface area contributed by atoms with Crippen molar-refractivity contribution < 1.29 is 9.53 Å². The predicted octanol–water partition coefficient (Wildman–Crippen LogP) is 1.42. The molecule has 1 aromatic heterocycles. The van der Waals surface area contributed by atoms with Gasteiger partial charge in [-0.3, -0.25) is 9.36 Å². The Kier molecular flexibility index (Phi) is 6.56. The van der Waals surface area contributed by atoms with Crippen molar-refractivity contribution in [2.75, 3.05) is 12.4 Å². The van der Waals surface area contributed by atoms with E-state index in [0.29, 0.717) is 18.3 Å². The molecule has 6 nitrogen and oxygen atoms in total. The second kappa shape index (κ2) is 7.97. The van der Waals surface area contributed by atoms with Crippen LogP contribution in [0.1, 0.15) is 33.1 Å². The Balaban J connectivity index is 2.43. The molecule has 0 aliphatic carbocycles. The first-order valence-electron chi connectivity index (χ1n) is 6.12. The van der Waals surface area contributed by atoms with E-state index >= 15 is 0 Å². The van der Waals surface area contributed by atoms with Crippen molar-refractivity contribution in [3.8, 4) is 0 Å². The summed E-state index contributed by atoms with van der Waals surface area (Å²) in [7, 11) is 0. The van der Waals surface area contributed by atoms with E-state index in [0.717, 1.165) is 19.3 Å². The van der Waals surface area contributed by atoms with Gasteiger partial charge in [0.1, 0.15) is 0 Å². The van der Waals surface area contributed by atoms with E-state index in [1.165, 1.54) is 16.3 Å². The van der Waals surface area contributed by atoms with Crippen LogP contribution in [-0.2, 0) is 16.1 Å². The summed E-state index contributed by atoms with van der Waals surface area (Å²) in [5.41, 5.74) is -0.237. The number of nitrogens with zero attached hydrogens (tertiary/aromatic N) is 2. The maximum absolute atomic E-state index is 11.4. The molecular formula is C11H19N3O3S. The highest BCUT2D eigenvalue weighted by Gasteiger charge is 2.11. The van der Waals surface area contributed by atoms with E-state index < -0.39 is 0 Å². The van der Waals surface area contributed by atoms with Crippen LogP contribution in [0.5, 0.6) is 0 Å². The standard InChI is InChI=1S/C11H19N3O3S/c1-3-5-7-17-9(15)8-18-11-13-12-10(16)14(11)6-4-2/h3-8H2,1-2H3,(H,12,16). The van der Waals surface area contributed by atoms with E-state index in [2.05, 4.69) is 10.2 Å². The molecule has 18 heavy (non-hydrogen) atoms. The predicted molar refractivity (Wildman–Crippen MR) is 69.7 cm³/mol. The van der Waals surface area contributed by atoms with Crippen LogP contribution in [0.25, 0.3) is 0 Å². The number of carbonyl (C=O) groups excluding carboxylic acids is 1. The van der Waals surface area contributed by atoms with Gasteiger partial charge in [0.15, 0.2) is 5.16 Å². The Morgan fingerprint density at radius 2 is 2.22 bits per heavy atom. The number of aromatic amines is 1. The molecule has 0 amide bonds. The third-order valence-corrected chi connectivity index (χ3v) is 3.20. The van der Waals surface area contributed by atoms with E-state index in [1.54, 1.807) is 0 Å².